The number of rotatable bonds is 6. The van der Waals surface area contributed by atoms with Gasteiger partial charge in [-0.1, -0.05) is 0 Å². The van der Waals surface area contributed by atoms with Crippen molar-refractivity contribution in [2.75, 3.05) is 28.2 Å². The molecule has 15 heavy (non-hydrogen) atoms. The Morgan fingerprint density at radius 2 is 1.00 bits per heavy atom. The van der Waals surface area contributed by atoms with E-state index in [0.29, 0.717) is 0 Å². The molecule has 0 saturated heterocycles. The van der Waals surface area contributed by atoms with Crippen molar-refractivity contribution in [3.05, 3.63) is 0 Å². The third-order valence-electron chi connectivity index (χ3n) is 3.14. The van der Waals surface area contributed by atoms with Gasteiger partial charge >= 0.3 is 102 Å². The first-order valence-electron chi connectivity index (χ1n) is 6.07. The molecule has 0 spiro atoms. The maximum atomic E-state index is 2.59. The summed E-state index contributed by atoms with van der Waals surface area (Å²) >= 11 is -2.24. The number of hydrogen-bond donors (Lipinski definition) is 0. The fourth-order valence-electron chi connectivity index (χ4n) is 2.52. The van der Waals surface area contributed by atoms with E-state index >= 15 is 0 Å². The van der Waals surface area contributed by atoms with E-state index < -0.39 is 18.9 Å². The summed E-state index contributed by atoms with van der Waals surface area (Å²) in [5, 5.41) is 0. The van der Waals surface area contributed by atoms with Crippen molar-refractivity contribution in [2.45, 2.75) is 36.6 Å². The first-order chi connectivity index (χ1) is 6.72. The van der Waals surface area contributed by atoms with Crippen LogP contribution >= 0.6 is 0 Å². The zero-order valence-electron chi connectivity index (χ0n) is 12.0. The van der Waals surface area contributed by atoms with Gasteiger partial charge in [-0.05, 0) is 0 Å². The Morgan fingerprint density at radius 3 is 1.13 bits per heavy atom. The maximum absolute atomic E-state index is 2.59. The van der Waals surface area contributed by atoms with Crippen LogP contribution in [0.4, 0.5) is 0 Å². The minimum absolute atomic E-state index is 0.823. The molecule has 0 aromatic carbocycles. The Labute approximate surface area is 102 Å². The molecule has 0 amide bonds. The molecule has 0 aliphatic heterocycles. The van der Waals surface area contributed by atoms with Crippen molar-refractivity contribution in [3.63, 3.8) is 0 Å². The predicted octanol–water partition coefficient (Wildman–Crippen LogP) is 2.86. The molecule has 2 nitrogen and oxygen atoms in total. The van der Waals surface area contributed by atoms with Crippen LogP contribution in [0.25, 0.3) is 0 Å². The molecule has 0 rings (SSSR count). The van der Waals surface area contributed by atoms with Crippen LogP contribution in [0.2, 0.25) is 8.87 Å². The van der Waals surface area contributed by atoms with E-state index in [9.17, 15) is 0 Å². The zero-order chi connectivity index (χ0) is 12.2. The van der Waals surface area contributed by atoms with Gasteiger partial charge < -0.3 is 0 Å². The molecule has 0 radical (unpaired) electrons. The summed E-state index contributed by atoms with van der Waals surface area (Å²) in [7, 11) is 9.17. The van der Waals surface area contributed by atoms with Crippen molar-refractivity contribution in [1.29, 1.82) is 0 Å². The summed E-state index contributed by atoms with van der Waals surface area (Å²) in [6.07, 6.45) is 0. The Hall–Kier alpha value is 0.719. The summed E-state index contributed by atoms with van der Waals surface area (Å²) in [5.74, 6) is 1.65. The fourth-order valence-corrected chi connectivity index (χ4v) is 16.9. The van der Waals surface area contributed by atoms with Gasteiger partial charge in [-0.2, -0.15) is 0 Å². The summed E-state index contributed by atoms with van der Waals surface area (Å²) in [4.78, 5) is 0. The zero-order valence-corrected chi connectivity index (χ0v) is 14.8. The monoisotopic (exact) mass is 322 g/mol. The van der Waals surface area contributed by atoms with Crippen LogP contribution in [0.1, 0.15) is 27.7 Å². The van der Waals surface area contributed by atoms with Gasteiger partial charge in [0.1, 0.15) is 0 Å². The summed E-state index contributed by atoms with van der Waals surface area (Å²) in [6, 6.07) is 0. The molecule has 0 aromatic heterocycles. The van der Waals surface area contributed by atoms with E-state index in [2.05, 4.69) is 62.1 Å². The average molecular weight is 321 g/mol. The Kier molecular flexibility index (Phi) is 6.76. The van der Waals surface area contributed by atoms with E-state index in [-0.39, 0.29) is 0 Å². The van der Waals surface area contributed by atoms with Gasteiger partial charge in [0.05, 0.1) is 0 Å². The van der Waals surface area contributed by atoms with Crippen LogP contribution in [0.15, 0.2) is 0 Å². The van der Waals surface area contributed by atoms with E-state index in [1.807, 2.05) is 0 Å². The van der Waals surface area contributed by atoms with Crippen LogP contribution in [-0.2, 0) is 0 Å². The molecule has 0 aliphatic carbocycles. The second-order valence-corrected chi connectivity index (χ2v) is 19.0. The van der Waals surface area contributed by atoms with Gasteiger partial charge in [-0.15, -0.1) is 0 Å². The first-order valence-corrected chi connectivity index (χ1v) is 12.7. The summed E-state index contributed by atoms with van der Waals surface area (Å²) in [6.45, 7) is 9.44. The van der Waals surface area contributed by atoms with Crippen molar-refractivity contribution >= 4 is 18.9 Å². The molecular weight excluding hydrogens is 291 g/mol. The molecule has 0 fully saturated rings. The van der Waals surface area contributed by atoms with Gasteiger partial charge in [0.25, 0.3) is 0 Å². The van der Waals surface area contributed by atoms with E-state index in [1.54, 1.807) is 0 Å². The van der Waals surface area contributed by atoms with E-state index in [0.717, 1.165) is 11.8 Å². The standard InChI is InChI=1S/2C4H9.2C2H6N.Sn/c2*1-4(2)3;2*1-3-2;/h2*4H,1H2,2-3H3;2*1-2H3;/q;;2*-1;+2. The van der Waals surface area contributed by atoms with Crippen LogP contribution in [0.3, 0.4) is 0 Å². The average Bonchev–Trinajstić information content (AvgIpc) is 1.99. The SMILES string of the molecule is CC(C)[CH2][Sn]([CH2]C(C)C)([N](C)C)[N](C)C. The molecular formula is C12H30N2Sn. The van der Waals surface area contributed by atoms with Gasteiger partial charge in [-0.25, -0.2) is 0 Å². The Balaban J connectivity index is 4.90. The van der Waals surface area contributed by atoms with Crippen molar-refractivity contribution in [2.24, 2.45) is 11.8 Å². The Morgan fingerprint density at radius 1 is 0.733 bits per heavy atom. The van der Waals surface area contributed by atoms with Crippen molar-refractivity contribution < 1.29 is 0 Å². The molecule has 0 N–H and O–H groups in total. The third-order valence-corrected chi connectivity index (χ3v) is 21.0. The minimum atomic E-state index is -2.24. The molecule has 0 saturated carbocycles. The number of hydrogen-bond acceptors (Lipinski definition) is 2. The Bertz CT molecular complexity index is 156. The van der Waals surface area contributed by atoms with Crippen molar-refractivity contribution in [3.8, 4) is 0 Å². The van der Waals surface area contributed by atoms with Gasteiger partial charge in [-0.3, -0.25) is 0 Å². The summed E-state index contributed by atoms with van der Waals surface area (Å²) in [5.41, 5.74) is 0. The van der Waals surface area contributed by atoms with Gasteiger partial charge in [0.15, 0.2) is 0 Å². The molecule has 0 heterocycles. The summed E-state index contributed by atoms with van der Waals surface area (Å²) < 4.78 is 8.06. The van der Waals surface area contributed by atoms with Crippen LogP contribution < -0.4 is 0 Å². The van der Waals surface area contributed by atoms with Crippen LogP contribution in [0.5, 0.6) is 0 Å². The third kappa shape index (κ3) is 4.61. The quantitative estimate of drug-likeness (QED) is 0.694. The van der Waals surface area contributed by atoms with Crippen LogP contribution in [0, 0.1) is 11.8 Å². The van der Waals surface area contributed by atoms with E-state index in [1.165, 1.54) is 8.87 Å². The molecule has 0 unspecified atom stereocenters. The number of nitrogens with zero attached hydrogens (tertiary/aromatic N) is 2. The molecule has 0 bridgehead atoms. The second-order valence-electron chi connectivity index (χ2n) is 5.97. The van der Waals surface area contributed by atoms with Gasteiger partial charge in [0, 0.05) is 0 Å². The molecule has 0 atom stereocenters. The molecule has 0 aliphatic rings. The molecule has 0 aromatic rings. The normalized spacial score (nSPS) is 13.6. The molecule has 3 heteroatoms. The molecule has 92 valence electrons. The first kappa shape index (κ1) is 15.7. The second kappa shape index (κ2) is 6.45. The van der Waals surface area contributed by atoms with Gasteiger partial charge in [0.2, 0.25) is 0 Å². The fraction of sp³-hybridized carbons (Fsp3) is 1.00. The predicted molar refractivity (Wildman–Crippen MR) is 72.4 cm³/mol. The van der Waals surface area contributed by atoms with Crippen LogP contribution in [-0.4, -0.2) is 53.4 Å². The topological polar surface area (TPSA) is 6.48 Å². The van der Waals surface area contributed by atoms with Crippen molar-refractivity contribution in [1.82, 2.24) is 6.24 Å². The van der Waals surface area contributed by atoms with E-state index in [4.69, 9.17) is 0 Å².